The Hall–Kier alpha value is -2.49. The summed E-state index contributed by atoms with van der Waals surface area (Å²) in [6.07, 6.45) is 0. The third kappa shape index (κ3) is 5.33. The van der Waals surface area contributed by atoms with Crippen molar-refractivity contribution in [3.8, 4) is 5.75 Å². The fraction of sp³-hybridized carbons (Fsp3) is 0.316. The fourth-order valence-electron chi connectivity index (χ4n) is 2.28. The van der Waals surface area contributed by atoms with Crippen LogP contribution in [0.15, 0.2) is 54.6 Å². The van der Waals surface area contributed by atoms with E-state index in [0.717, 1.165) is 30.1 Å². The number of carbonyl (C=O) groups excluding carboxylic acids is 1. The number of benzene rings is 2. The molecule has 0 aromatic heterocycles. The van der Waals surface area contributed by atoms with Crippen LogP contribution >= 0.6 is 0 Å². The van der Waals surface area contributed by atoms with E-state index in [4.69, 9.17) is 4.74 Å². The standard InChI is InChI=1S/C19H24N2O2/c1-3-21(4-2)19(22)14-20-17-10-12-18(13-11-17)23-15-16-8-6-5-7-9-16/h5-13,20H,3-4,14-15H2,1-2H3. The first-order chi connectivity index (χ1) is 11.2. The number of nitrogens with one attached hydrogen (secondary N) is 1. The van der Waals surface area contributed by atoms with Crippen molar-refractivity contribution in [3.05, 3.63) is 60.2 Å². The molecule has 0 atom stereocenters. The number of likely N-dealkylation sites (N-methyl/N-ethyl adjacent to an activating group) is 1. The van der Waals surface area contributed by atoms with Gasteiger partial charge in [-0.2, -0.15) is 0 Å². The van der Waals surface area contributed by atoms with Gasteiger partial charge in [-0.3, -0.25) is 4.79 Å². The van der Waals surface area contributed by atoms with Crippen molar-refractivity contribution < 1.29 is 9.53 Å². The minimum Gasteiger partial charge on any atom is -0.489 e. The first-order valence-electron chi connectivity index (χ1n) is 8.01. The van der Waals surface area contributed by atoms with E-state index in [-0.39, 0.29) is 5.91 Å². The van der Waals surface area contributed by atoms with Crippen molar-refractivity contribution in [1.82, 2.24) is 4.90 Å². The van der Waals surface area contributed by atoms with Gasteiger partial charge in [-0.15, -0.1) is 0 Å². The van der Waals surface area contributed by atoms with Gasteiger partial charge in [0, 0.05) is 18.8 Å². The topological polar surface area (TPSA) is 41.6 Å². The molecule has 2 aromatic rings. The van der Waals surface area contributed by atoms with Crippen LogP contribution in [0.4, 0.5) is 5.69 Å². The zero-order valence-corrected chi connectivity index (χ0v) is 13.8. The summed E-state index contributed by atoms with van der Waals surface area (Å²) in [6, 6.07) is 17.7. The maximum Gasteiger partial charge on any atom is 0.241 e. The Morgan fingerprint density at radius 2 is 1.65 bits per heavy atom. The first-order valence-corrected chi connectivity index (χ1v) is 8.01. The van der Waals surface area contributed by atoms with E-state index in [0.29, 0.717) is 13.2 Å². The molecule has 0 saturated carbocycles. The van der Waals surface area contributed by atoms with Crippen LogP contribution in [0.2, 0.25) is 0 Å². The average molecular weight is 312 g/mol. The largest absolute Gasteiger partial charge is 0.489 e. The lowest BCUT2D eigenvalue weighted by Crippen LogP contribution is -2.35. The predicted molar refractivity (Wildman–Crippen MR) is 93.6 cm³/mol. The zero-order chi connectivity index (χ0) is 16.5. The Morgan fingerprint density at radius 1 is 1.00 bits per heavy atom. The van der Waals surface area contributed by atoms with Crippen LogP contribution in [-0.4, -0.2) is 30.4 Å². The Balaban J connectivity index is 1.81. The highest BCUT2D eigenvalue weighted by atomic mass is 16.5. The number of carbonyl (C=O) groups is 1. The second kappa shape index (κ2) is 8.83. The lowest BCUT2D eigenvalue weighted by molar-refractivity contribution is -0.128. The van der Waals surface area contributed by atoms with Gasteiger partial charge in [-0.1, -0.05) is 30.3 Å². The maximum atomic E-state index is 11.9. The molecule has 0 saturated heterocycles. The molecule has 4 nitrogen and oxygen atoms in total. The van der Waals surface area contributed by atoms with Crippen LogP contribution in [0.25, 0.3) is 0 Å². The number of ether oxygens (including phenoxy) is 1. The lowest BCUT2D eigenvalue weighted by atomic mass is 10.2. The molecule has 2 aromatic carbocycles. The summed E-state index contributed by atoms with van der Waals surface area (Å²) in [4.78, 5) is 13.8. The summed E-state index contributed by atoms with van der Waals surface area (Å²) < 4.78 is 5.74. The third-order valence-corrected chi connectivity index (χ3v) is 3.66. The van der Waals surface area contributed by atoms with Gasteiger partial charge in [-0.25, -0.2) is 0 Å². The van der Waals surface area contributed by atoms with Gasteiger partial charge in [-0.05, 0) is 43.7 Å². The summed E-state index contributed by atoms with van der Waals surface area (Å²) in [6.45, 7) is 6.31. The predicted octanol–water partition coefficient (Wildman–Crippen LogP) is 3.55. The molecule has 2 rings (SSSR count). The average Bonchev–Trinajstić information content (AvgIpc) is 2.61. The van der Waals surface area contributed by atoms with E-state index in [1.165, 1.54) is 0 Å². The van der Waals surface area contributed by atoms with Gasteiger partial charge in [0.1, 0.15) is 12.4 Å². The number of hydrogen-bond donors (Lipinski definition) is 1. The summed E-state index contributed by atoms with van der Waals surface area (Å²) in [7, 11) is 0. The van der Waals surface area contributed by atoms with Crippen molar-refractivity contribution in [2.24, 2.45) is 0 Å². The second-order valence-corrected chi connectivity index (χ2v) is 5.22. The molecule has 0 fully saturated rings. The number of hydrogen-bond acceptors (Lipinski definition) is 3. The van der Waals surface area contributed by atoms with Crippen LogP contribution in [0.3, 0.4) is 0 Å². The summed E-state index contributed by atoms with van der Waals surface area (Å²) in [5, 5.41) is 3.15. The normalized spacial score (nSPS) is 10.2. The molecular formula is C19H24N2O2. The van der Waals surface area contributed by atoms with E-state index in [9.17, 15) is 4.79 Å². The highest BCUT2D eigenvalue weighted by Gasteiger charge is 2.08. The molecule has 0 aliphatic heterocycles. The van der Waals surface area contributed by atoms with Gasteiger partial charge in [0.05, 0.1) is 6.54 Å². The van der Waals surface area contributed by atoms with Crippen molar-refractivity contribution in [3.63, 3.8) is 0 Å². The Kier molecular flexibility index (Phi) is 6.48. The fourth-order valence-corrected chi connectivity index (χ4v) is 2.28. The number of amides is 1. The van der Waals surface area contributed by atoms with E-state index in [2.05, 4.69) is 5.32 Å². The monoisotopic (exact) mass is 312 g/mol. The Bertz CT molecular complexity index is 593. The number of anilines is 1. The molecule has 0 radical (unpaired) electrons. The van der Waals surface area contributed by atoms with Gasteiger partial charge in [0.25, 0.3) is 0 Å². The van der Waals surface area contributed by atoms with Crippen LogP contribution in [0.5, 0.6) is 5.75 Å². The van der Waals surface area contributed by atoms with Crippen LogP contribution in [0, 0.1) is 0 Å². The van der Waals surface area contributed by atoms with Crippen molar-refractivity contribution in [2.75, 3.05) is 25.0 Å². The molecule has 122 valence electrons. The Morgan fingerprint density at radius 3 is 2.26 bits per heavy atom. The van der Waals surface area contributed by atoms with Crippen LogP contribution in [-0.2, 0) is 11.4 Å². The molecule has 1 N–H and O–H groups in total. The molecule has 0 spiro atoms. The zero-order valence-electron chi connectivity index (χ0n) is 13.8. The molecule has 1 amide bonds. The summed E-state index contributed by atoms with van der Waals surface area (Å²) in [5.41, 5.74) is 2.05. The number of nitrogens with zero attached hydrogens (tertiary/aromatic N) is 1. The molecule has 0 unspecified atom stereocenters. The van der Waals surface area contributed by atoms with E-state index >= 15 is 0 Å². The van der Waals surface area contributed by atoms with Gasteiger partial charge < -0.3 is 15.0 Å². The van der Waals surface area contributed by atoms with Crippen molar-refractivity contribution in [1.29, 1.82) is 0 Å². The highest BCUT2D eigenvalue weighted by molar-refractivity contribution is 5.80. The molecule has 0 heterocycles. The highest BCUT2D eigenvalue weighted by Crippen LogP contribution is 2.17. The maximum absolute atomic E-state index is 11.9. The smallest absolute Gasteiger partial charge is 0.241 e. The summed E-state index contributed by atoms with van der Waals surface area (Å²) in [5.74, 6) is 0.925. The van der Waals surface area contributed by atoms with Gasteiger partial charge in [0.2, 0.25) is 5.91 Å². The SMILES string of the molecule is CCN(CC)C(=O)CNc1ccc(OCc2ccccc2)cc1. The van der Waals surface area contributed by atoms with E-state index in [1.807, 2.05) is 73.3 Å². The van der Waals surface area contributed by atoms with Gasteiger partial charge in [0.15, 0.2) is 0 Å². The van der Waals surface area contributed by atoms with E-state index in [1.54, 1.807) is 0 Å². The quantitative estimate of drug-likeness (QED) is 0.810. The summed E-state index contributed by atoms with van der Waals surface area (Å²) >= 11 is 0. The van der Waals surface area contributed by atoms with E-state index < -0.39 is 0 Å². The third-order valence-electron chi connectivity index (χ3n) is 3.66. The van der Waals surface area contributed by atoms with Crippen LogP contribution < -0.4 is 10.1 Å². The molecule has 0 aliphatic rings. The Labute approximate surface area is 138 Å². The number of rotatable bonds is 8. The molecule has 0 bridgehead atoms. The molecule has 23 heavy (non-hydrogen) atoms. The molecule has 0 aliphatic carbocycles. The first kappa shape index (κ1) is 16.9. The molecular weight excluding hydrogens is 288 g/mol. The van der Waals surface area contributed by atoms with Gasteiger partial charge >= 0.3 is 0 Å². The van der Waals surface area contributed by atoms with Crippen molar-refractivity contribution >= 4 is 11.6 Å². The minimum atomic E-state index is 0.111. The lowest BCUT2D eigenvalue weighted by Gasteiger charge is -2.19. The van der Waals surface area contributed by atoms with Crippen LogP contribution in [0.1, 0.15) is 19.4 Å². The minimum absolute atomic E-state index is 0.111. The molecule has 4 heteroatoms. The van der Waals surface area contributed by atoms with Crippen molar-refractivity contribution in [2.45, 2.75) is 20.5 Å². The second-order valence-electron chi connectivity index (χ2n) is 5.22.